The van der Waals surface area contributed by atoms with Crippen molar-refractivity contribution in [3.8, 4) is 6.07 Å². The van der Waals surface area contributed by atoms with E-state index in [1.165, 1.54) is 11.6 Å². The summed E-state index contributed by atoms with van der Waals surface area (Å²) in [6.45, 7) is 18.7. The summed E-state index contributed by atoms with van der Waals surface area (Å²) in [6, 6.07) is 11.7. The molecular formula is C18H23N. The van der Waals surface area contributed by atoms with E-state index < -0.39 is 0 Å². The van der Waals surface area contributed by atoms with E-state index in [1.807, 2.05) is 43.3 Å². The van der Waals surface area contributed by atoms with Crippen LogP contribution < -0.4 is 0 Å². The number of nitriles is 1. The highest BCUT2D eigenvalue weighted by molar-refractivity contribution is 5.45. The van der Waals surface area contributed by atoms with Crippen LogP contribution in [0.5, 0.6) is 0 Å². The number of nitrogens with zero attached hydrogens (tertiary/aromatic N) is 1. The maximum Gasteiger partial charge on any atom is 0.0905 e. The van der Waals surface area contributed by atoms with E-state index in [2.05, 4.69) is 32.9 Å². The molecule has 0 radical (unpaired) electrons. The standard InChI is InChI=1S/C8H8.C4H6.C3H3N.C3H6/c1-2-8-6-4-3-5-7-8;1-3-4-2;1-2-3-4;1-3-2/h2-7H,1H2;3-4H,1-2H2;2H,1H2;3H,1H2,2H3. The Morgan fingerprint density at radius 1 is 0.947 bits per heavy atom. The number of allylic oxidation sites excluding steroid dienone is 4. The molecule has 0 N–H and O–H groups in total. The lowest BCUT2D eigenvalue weighted by molar-refractivity contribution is 1.54. The van der Waals surface area contributed by atoms with E-state index >= 15 is 0 Å². The highest BCUT2D eigenvalue weighted by Gasteiger charge is 1.75. The number of rotatable bonds is 2. The zero-order valence-electron chi connectivity index (χ0n) is 11.8. The second-order valence-corrected chi connectivity index (χ2v) is 2.83. The van der Waals surface area contributed by atoms with Crippen molar-refractivity contribution in [1.29, 1.82) is 5.26 Å². The van der Waals surface area contributed by atoms with Crippen LogP contribution in [0.1, 0.15) is 12.5 Å². The van der Waals surface area contributed by atoms with Gasteiger partial charge < -0.3 is 0 Å². The van der Waals surface area contributed by atoms with Crippen LogP contribution in [-0.2, 0) is 0 Å². The molecule has 1 aromatic carbocycles. The minimum atomic E-state index is 1.17. The molecule has 100 valence electrons. The normalized spacial score (nSPS) is 6.11. The molecule has 0 fully saturated rings. The minimum Gasteiger partial charge on any atom is -0.193 e. The third-order valence-electron chi connectivity index (χ3n) is 1.29. The van der Waals surface area contributed by atoms with Crippen molar-refractivity contribution in [3.05, 3.63) is 93.1 Å². The summed E-state index contributed by atoms with van der Waals surface area (Å²) in [5.74, 6) is 0. The SMILES string of the molecule is C=CC.C=CC#N.C=CC=C.C=Cc1ccccc1. The van der Waals surface area contributed by atoms with Gasteiger partial charge in [0.15, 0.2) is 0 Å². The molecule has 0 amide bonds. The lowest BCUT2D eigenvalue weighted by Crippen LogP contribution is -1.63. The first-order valence-electron chi connectivity index (χ1n) is 5.66. The fraction of sp³-hybridized carbons (Fsp3) is 0.0556. The zero-order chi connectivity index (χ0) is 15.4. The van der Waals surface area contributed by atoms with Gasteiger partial charge in [-0.05, 0) is 12.5 Å². The van der Waals surface area contributed by atoms with Crippen molar-refractivity contribution in [2.45, 2.75) is 6.92 Å². The summed E-state index contributed by atoms with van der Waals surface area (Å²) in [6.07, 6.45) is 8.04. The summed E-state index contributed by atoms with van der Waals surface area (Å²) in [4.78, 5) is 0. The van der Waals surface area contributed by atoms with Crippen LogP contribution in [0, 0.1) is 11.3 Å². The monoisotopic (exact) mass is 253 g/mol. The molecule has 19 heavy (non-hydrogen) atoms. The lowest BCUT2D eigenvalue weighted by atomic mass is 10.2. The molecule has 0 aliphatic heterocycles. The van der Waals surface area contributed by atoms with E-state index in [1.54, 1.807) is 24.3 Å². The summed E-state index contributed by atoms with van der Waals surface area (Å²) in [7, 11) is 0. The summed E-state index contributed by atoms with van der Waals surface area (Å²) >= 11 is 0. The first-order valence-corrected chi connectivity index (χ1v) is 5.66. The van der Waals surface area contributed by atoms with Gasteiger partial charge in [0.1, 0.15) is 0 Å². The van der Waals surface area contributed by atoms with Gasteiger partial charge in [0.25, 0.3) is 0 Å². The molecule has 0 bridgehead atoms. The van der Waals surface area contributed by atoms with Crippen LogP contribution in [0.15, 0.2) is 87.5 Å². The third kappa shape index (κ3) is 31.3. The molecule has 0 saturated carbocycles. The van der Waals surface area contributed by atoms with E-state index in [0.717, 1.165) is 0 Å². The minimum absolute atomic E-state index is 1.17. The van der Waals surface area contributed by atoms with Crippen LogP contribution in [-0.4, -0.2) is 0 Å². The van der Waals surface area contributed by atoms with Crippen molar-refractivity contribution in [2.75, 3.05) is 0 Å². The molecule has 0 spiro atoms. The van der Waals surface area contributed by atoms with E-state index in [0.29, 0.717) is 0 Å². The summed E-state index contributed by atoms with van der Waals surface area (Å²) in [5, 5.41) is 7.51. The molecule has 0 heterocycles. The fourth-order valence-corrected chi connectivity index (χ4v) is 0.589. The predicted octanol–water partition coefficient (Wildman–Crippen LogP) is 5.58. The Morgan fingerprint density at radius 3 is 1.47 bits per heavy atom. The first-order chi connectivity index (χ1) is 9.17. The van der Waals surface area contributed by atoms with Gasteiger partial charge in [-0.25, -0.2) is 0 Å². The van der Waals surface area contributed by atoms with Gasteiger partial charge in [-0.3, -0.25) is 0 Å². The second kappa shape index (κ2) is 24.6. The molecule has 0 saturated heterocycles. The molecule has 0 aliphatic rings. The first kappa shape index (κ1) is 21.7. The van der Waals surface area contributed by atoms with Crippen molar-refractivity contribution >= 4 is 6.08 Å². The van der Waals surface area contributed by atoms with Crippen LogP contribution in [0.2, 0.25) is 0 Å². The average Bonchev–Trinajstić information content (AvgIpc) is 2.49. The maximum atomic E-state index is 7.51. The van der Waals surface area contributed by atoms with Gasteiger partial charge in [0, 0.05) is 6.08 Å². The smallest absolute Gasteiger partial charge is 0.0905 e. The van der Waals surface area contributed by atoms with Crippen molar-refractivity contribution in [3.63, 3.8) is 0 Å². The third-order valence-corrected chi connectivity index (χ3v) is 1.29. The molecule has 1 heteroatoms. The molecular weight excluding hydrogens is 230 g/mol. The summed E-state index contributed by atoms with van der Waals surface area (Å²) < 4.78 is 0. The maximum absolute atomic E-state index is 7.51. The van der Waals surface area contributed by atoms with Gasteiger partial charge in [-0.15, -0.1) is 6.58 Å². The van der Waals surface area contributed by atoms with Gasteiger partial charge >= 0.3 is 0 Å². The van der Waals surface area contributed by atoms with E-state index in [-0.39, 0.29) is 0 Å². The topological polar surface area (TPSA) is 23.8 Å². The largest absolute Gasteiger partial charge is 0.193 e. The molecule has 1 aromatic rings. The number of hydrogen-bond donors (Lipinski definition) is 0. The highest BCUT2D eigenvalue weighted by atomic mass is 14.2. The molecule has 0 aliphatic carbocycles. The zero-order valence-corrected chi connectivity index (χ0v) is 11.8. The quantitative estimate of drug-likeness (QED) is 0.383. The lowest BCUT2D eigenvalue weighted by Gasteiger charge is -1.85. The van der Waals surface area contributed by atoms with Crippen LogP contribution in [0.4, 0.5) is 0 Å². The fourth-order valence-electron chi connectivity index (χ4n) is 0.589. The van der Waals surface area contributed by atoms with Crippen molar-refractivity contribution in [1.82, 2.24) is 0 Å². The molecule has 0 aromatic heterocycles. The Labute approximate surface area is 118 Å². The summed E-state index contributed by atoms with van der Waals surface area (Å²) in [5.41, 5.74) is 1.17. The van der Waals surface area contributed by atoms with Crippen molar-refractivity contribution in [2.24, 2.45) is 0 Å². The second-order valence-electron chi connectivity index (χ2n) is 2.83. The Hall–Kier alpha value is -2.59. The van der Waals surface area contributed by atoms with E-state index in [4.69, 9.17) is 5.26 Å². The van der Waals surface area contributed by atoms with Crippen LogP contribution in [0.3, 0.4) is 0 Å². The number of hydrogen-bond acceptors (Lipinski definition) is 1. The average molecular weight is 253 g/mol. The molecule has 1 nitrogen and oxygen atoms in total. The van der Waals surface area contributed by atoms with Gasteiger partial charge in [-0.2, -0.15) is 5.26 Å². The molecule has 1 rings (SSSR count). The number of benzene rings is 1. The Morgan fingerprint density at radius 2 is 1.32 bits per heavy atom. The molecule has 0 unspecified atom stereocenters. The van der Waals surface area contributed by atoms with Crippen LogP contribution >= 0.6 is 0 Å². The van der Waals surface area contributed by atoms with Gasteiger partial charge in [-0.1, -0.05) is 81.0 Å². The van der Waals surface area contributed by atoms with Gasteiger partial charge in [0.2, 0.25) is 0 Å². The predicted molar refractivity (Wildman–Crippen MR) is 88.6 cm³/mol. The Bertz CT molecular complexity index is 374. The van der Waals surface area contributed by atoms with Crippen LogP contribution in [0.25, 0.3) is 6.08 Å². The molecule has 0 atom stereocenters. The van der Waals surface area contributed by atoms with E-state index in [9.17, 15) is 0 Å². The van der Waals surface area contributed by atoms with Gasteiger partial charge in [0.05, 0.1) is 6.07 Å². The Kier molecular flexibility index (Phi) is 28.0. The highest BCUT2D eigenvalue weighted by Crippen LogP contribution is 1.97. The Balaban J connectivity index is -0.000000200. The van der Waals surface area contributed by atoms with Crippen molar-refractivity contribution < 1.29 is 0 Å².